The van der Waals surface area contributed by atoms with Gasteiger partial charge in [0, 0.05) is 0 Å². The van der Waals surface area contributed by atoms with Crippen molar-refractivity contribution in [2.75, 3.05) is 0 Å². The van der Waals surface area contributed by atoms with E-state index in [1.165, 1.54) is 0 Å². The molecule has 0 atom stereocenters. The van der Waals surface area contributed by atoms with Gasteiger partial charge < -0.3 is 10.4 Å². The molecule has 0 aromatic rings. The standard InChI is InChI=1S/2ClH.2HNO3/c;;2*2-1(3)4/h2*1H;2*(H,2,3,4). The summed E-state index contributed by atoms with van der Waals surface area (Å²) in [7, 11) is 0. The highest BCUT2D eigenvalue weighted by Crippen LogP contribution is 1.38. The molecule has 0 rings (SSSR count). The summed E-state index contributed by atoms with van der Waals surface area (Å²) >= 11 is 0. The van der Waals surface area contributed by atoms with Crippen molar-refractivity contribution >= 4 is 24.8 Å². The zero-order chi connectivity index (χ0) is 7.15. The van der Waals surface area contributed by atoms with E-state index in [2.05, 4.69) is 0 Å². The molecule has 10 heteroatoms. The predicted octanol–water partition coefficient (Wildman–Crippen LogP) is 0.148. The summed E-state index contributed by atoms with van der Waals surface area (Å²) in [5, 5.41) is 27.3. The molecule has 8 nitrogen and oxygen atoms in total. The van der Waals surface area contributed by atoms with Crippen LogP contribution in [0.5, 0.6) is 0 Å². The van der Waals surface area contributed by atoms with Gasteiger partial charge in [0.1, 0.15) is 0 Å². The fraction of sp³-hybridized carbons (Fsp3) is 0. The Labute approximate surface area is 66.5 Å². The Balaban J connectivity index is -0.0000000300. The van der Waals surface area contributed by atoms with Crippen molar-refractivity contribution in [1.82, 2.24) is 0 Å². The molecule has 0 radical (unpaired) electrons. The van der Waals surface area contributed by atoms with E-state index >= 15 is 0 Å². The van der Waals surface area contributed by atoms with Gasteiger partial charge in [-0.25, -0.2) is 0 Å². The molecule has 0 fully saturated rings. The Morgan fingerprint density at radius 2 is 0.900 bits per heavy atom. The fourth-order valence-corrected chi connectivity index (χ4v) is 0. The third-order valence-electron chi connectivity index (χ3n) is 0. The Bertz CT molecular complexity index is 71.7. The third-order valence-corrected chi connectivity index (χ3v) is 0. The van der Waals surface area contributed by atoms with E-state index < -0.39 is 10.2 Å². The molecule has 10 heavy (non-hydrogen) atoms. The van der Waals surface area contributed by atoms with Crippen molar-refractivity contribution in [1.29, 1.82) is 0 Å². The zero-order valence-corrected chi connectivity index (χ0v) is 5.87. The third kappa shape index (κ3) is 240. The van der Waals surface area contributed by atoms with E-state index in [1.807, 2.05) is 0 Å². The Morgan fingerprint density at radius 3 is 0.900 bits per heavy atom. The maximum Gasteiger partial charge on any atom is 0.291 e. The number of halogens is 2. The summed E-state index contributed by atoms with van der Waals surface area (Å²) in [4.78, 5) is 16.7. The lowest BCUT2D eigenvalue weighted by atomic mass is 13.1. The molecule has 64 valence electrons. The molecule has 0 unspecified atom stereocenters. The van der Waals surface area contributed by atoms with Crippen molar-refractivity contribution in [2.45, 2.75) is 0 Å². The van der Waals surface area contributed by atoms with Crippen LogP contribution in [0, 0.1) is 20.2 Å². The van der Waals surface area contributed by atoms with Gasteiger partial charge >= 0.3 is 0 Å². The molecule has 2 N–H and O–H groups in total. The van der Waals surface area contributed by atoms with E-state index in [0.29, 0.717) is 0 Å². The minimum atomic E-state index is -1.50. The molecular formula is H4Cl2N2O6. The summed E-state index contributed by atoms with van der Waals surface area (Å²) in [6, 6.07) is 0. The minimum Gasteiger partial charge on any atom is -0.328 e. The zero-order valence-electron chi connectivity index (χ0n) is 4.24. The van der Waals surface area contributed by atoms with E-state index in [1.54, 1.807) is 0 Å². The first-order chi connectivity index (χ1) is 3.46. The number of nitrogens with zero attached hydrogens (tertiary/aromatic N) is 2. The lowest BCUT2D eigenvalue weighted by Gasteiger charge is -1.56. The largest absolute Gasteiger partial charge is 0.328 e. The van der Waals surface area contributed by atoms with E-state index in [9.17, 15) is 0 Å². The maximum atomic E-state index is 8.36. The smallest absolute Gasteiger partial charge is 0.291 e. The maximum absolute atomic E-state index is 8.36. The second-order valence-electron chi connectivity index (χ2n) is 0.476. The van der Waals surface area contributed by atoms with Gasteiger partial charge in [0.15, 0.2) is 0 Å². The van der Waals surface area contributed by atoms with Crippen LogP contribution in [-0.2, 0) is 0 Å². The van der Waals surface area contributed by atoms with Crippen LogP contribution in [0.15, 0.2) is 0 Å². The molecular weight excluding hydrogens is 195 g/mol. The van der Waals surface area contributed by atoms with E-state index in [0.717, 1.165) is 0 Å². The molecule has 0 aromatic heterocycles. The van der Waals surface area contributed by atoms with Crippen LogP contribution in [-0.4, -0.2) is 20.6 Å². The average Bonchev–Trinajstić information content (AvgIpc) is 1.25. The molecule has 0 bridgehead atoms. The summed E-state index contributed by atoms with van der Waals surface area (Å²) in [6.07, 6.45) is 0. The number of rotatable bonds is 0. The van der Waals surface area contributed by atoms with Gasteiger partial charge in [-0.3, -0.25) is 0 Å². The van der Waals surface area contributed by atoms with Crippen LogP contribution >= 0.6 is 24.8 Å². The SMILES string of the molecule is Cl.Cl.O=[N+]([O-])O.O=[N+]([O-])O. The van der Waals surface area contributed by atoms with Gasteiger partial charge in [0.05, 0.1) is 0 Å². The lowest BCUT2D eigenvalue weighted by molar-refractivity contribution is -0.742. The van der Waals surface area contributed by atoms with Gasteiger partial charge in [-0.2, -0.15) is 0 Å². The highest BCUT2D eigenvalue weighted by Gasteiger charge is 1.65. The van der Waals surface area contributed by atoms with Gasteiger partial charge in [0.25, 0.3) is 10.2 Å². The molecule has 0 aliphatic heterocycles. The van der Waals surface area contributed by atoms with Gasteiger partial charge in [0.2, 0.25) is 0 Å². The van der Waals surface area contributed by atoms with Gasteiger partial charge in [-0.05, 0) is 0 Å². The summed E-state index contributed by atoms with van der Waals surface area (Å²) in [5.74, 6) is 0. The quantitative estimate of drug-likeness (QED) is 0.422. The van der Waals surface area contributed by atoms with Crippen LogP contribution in [0.4, 0.5) is 0 Å². The van der Waals surface area contributed by atoms with Crippen LogP contribution < -0.4 is 0 Å². The van der Waals surface area contributed by atoms with Crippen molar-refractivity contribution < 1.29 is 20.6 Å². The first kappa shape index (κ1) is 23.1. The molecule has 0 aliphatic rings. The Hall–Kier alpha value is -1.02. The van der Waals surface area contributed by atoms with Crippen molar-refractivity contribution in [3.63, 3.8) is 0 Å². The molecule has 0 spiro atoms. The van der Waals surface area contributed by atoms with Gasteiger partial charge in [-0.1, -0.05) is 0 Å². The summed E-state index contributed by atoms with van der Waals surface area (Å²) < 4.78 is 0. The van der Waals surface area contributed by atoms with Crippen LogP contribution in [0.1, 0.15) is 0 Å². The summed E-state index contributed by atoms with van der Waals surface area (Å²) in [6.45, 7) is 0. The molecule has 0 saturated carbocycles. The van der Waals surface area contributed by atoms with E-state index in [-0.39, 0.29) is 24.8 Å². The van der Waals surface area contributed by atoms with Gasteiger partial charge in [-0.15, -0.1) is 45.0 Å². The minimum absolute atomic E-state index is 0. The molecule has 0 aliphatic carbocycles. The molecule has 0 aromatic carbocycles. The Morgan fingerprint density at radius 1 is 0.900 bits per heavy atom. The predicted molar refractivity (Wildman–Crippen MR) is 32.1 cm³/mol. The first-order valence-corrected chi connectivity index (χ1v) is 1.13. The first-order valence-electron chi connectivity index (χ1n) is 1.13. The highest BCUT2D eigenvalue weighted by molar-refractivity contribution is 5.85. The van der Waals surface area contributed by atoms with E-state index in [4.69, 9.17) is 30.6 Å². The molecule has 0 saturated heterocycles. The average molecular weight is 199 g/mol. The highest BCUT2D eigenvalue weighted by atomic mass is 35.5. The molecule has 0 heterocycles. The van der Waals surface area contributed by atoms with Crippen LogP contribution in [0.3, 0.4) is 0 Å². The summed E-state index contributed by atoms with van der Waals surface area (Å²) in [5.41, 5.74) is 0. The second kappa shape index (κ2) is 15.7. The van der Waals surface area contributed by atoms with Crippen molar-refractivity contribution in [3.8, 4) is 0 Å². The van der Waals surface area contributed by atoms with Crippen LogP contribution in [0.2, 0.25) is 0 Å². The van der Waals surface area contributed by atoms with Crippen LogP contribution in [0.25, 0.3) is 0 Å². The normalized spacial score (nSPS) is 4.80. The fourth-order valence-electron chi connectivity index (χ4n) is 0. The Kier molecular flexibility index (Phi) is 36.1. The topological polar surface area (TPSA) is 127 Å². The monoisotopic (exact) mass is 198 g/mol. The number of hydrogen-bond acceptors (Lipinski definition) is 4. The molecule has 0 amide bonds. The lowest BCUT2D eigenvalue weighted by Crippen LogP contribution is -1.81. The van der Waals surface area contributed by atoms with Crippen molar-refractivity contribution in [3.05, 3.63) is 20.2 Å². The number of hydrogen-bond donors (Lipinski definition) is 2. The second-order valence-corrected chi connectivity index (χ2v) is 0.476. The van der Waals surface area contributed by atoms with Crippen molar-refractivity contribution in [2.24, 2.45) is 0 Å².